The van der Waals surface area contributed by atoms with Crippen LogP contribution in [0.2, 0.25) is 0 Å². The van der Waals surface area contributed by atoms with Gasteiger partial charge in [-0.05, 0) is 49.4 Å². The fraction of sp³-hybridized carbons (Fsp3) is 0.346. The molecule has 0 saturated heterocycles. The number of hydrogen-bond acceptors (Lipinski definition) is 6. The highest BCUT2D eigenvalue weighted by atomic mass is 31.1. The van der Waals surface area contributed by atoms with Crippen LogP contribution in [0.5, 0.6) is 0 Å². The molecule has 3 aromatic rings. The Balaban J connectivity index is 1.99. The number of carboxylic acids is 1. The Morgan fingerprint density at radius 3 is 2.29 bits per heavy atom. The second-order valence-electron chi connectivity index (χ2n) is 8.59. The molecule has 1 aromatic heterocycles. The largest absolute Gasteiger partial charge is 0.481 e. The third kappa shape index (κ3) is 6.60. The van der Waals surface area contributed by atoms with Gasteiger partial charge in [-0.15, -0.1) is 0 Å². The lowest BCUT2D eigenvalue weighted by Crippen LogP contribution is -2.31. The summed E-state index contributed by atoms with van der Waals surface area (Å²) in [6.45, 7) is 4.05. The summed E-state index contributed by atoms with van der Waals surface area (Å²) in [4.78, 5) is 21.2. The average Bonchev–Trinajstić information content (AvgIpc) is 2.84. The Labute approximate surface area is 204 Å². The van der Waals surface area contributed by atoms with Crippen LogP contribution in [0.25, 0.3) is 22.6 Å². The minimum absolute atomic E-state index is 0.0521. The normalized spacial score (nSPS) is 14.0. The zero-order valence-corrected chi connectivity index (χ0v) is 20.9. The first-order valence-electron chi connectivity index (χ1n) is 11.4. The number of aliphatic hydroxyl groups is 1. The lowest BCUT2D eigenvalue weighted by atomic mass is 9.93. The van der Waals surface area contributed by atoms with Crippen LogP contribution >= 0.6 is 8.03 Å². The van der Waals surface area contributed by atoms with Crippen molar-refractivity contribution in [3.63, 3.8) is 0 Å². The van der Waals surface area contributed by atoms with E-state index in [9.17, 15) is 24.0 Å². The molecule has 2 aromatic carbocycles. The Hall–Kier alpha value is -2.93. The van der Waals surface area contributed by atoms with Gasteiger partial charge in [0.05, 0.1) is 17.5 Å². The molecule has 35 heavy (non-hydrogen) atoms. The van der Waals surface area contributed by atoms with Gasteiger partial charge in [-0.1, -0.05) is 44.2 Å². The smallest absolute Gasteiger partial charge is 0.318 e. The van der Waals surface area contributed by atoms with Gasteiger partial charge in [0, 0.05) is 23.8 Å². The molecular formula is C26H30FN2O5P. The summed E-state index contributed by atoms with van der Waals surface area (Å²) in [5.74, 6) is -1.10. The SMILES string of the molecule is CO[PH](=O)[C@H](C(=O)O)C(O)CCCc1c(-c2ccc(F)cc2)nc(-c2ccccc2)nc1C(C)C. The van der Waals surface area contributed by atoms with Crippen LogP contribution in [0, 0.1) is 5.82 Å². The molecule has 0 saturated carbocycles. The molecule has 0 spiro atoms. The molecule has 0 aliphatic carbocycles. The average molecular weight is 501 g/mol. The summed E-state index contributed by atoms with van der Waals surface area (Å²) < 4.78 is 30.3. The quantitative estimate of drug-likeness (QED) is 0.343. The maximum atomic E-state index is 13.6. The van der Waals surface area contributed by atoms with Crippen molar-refractivity contribution in [2.45, 2.75) is 50.8 Å². The first-order valence-corrected chi connectivity index (χ1v) is 12.8. The molecule has 3 atom stereocenters. The first kappa shape index (κ1) is 26.7. The monoisotopic (exact) mass is 500 g/mol. The second-order valence-corrected chi connectivity index (χ2v) is 10.3. The van der Waals surface area contributed by atoms with Gasteiger partial charge in [-0.25, -0.2) is 14.4 Å². The van der Waals surface area contributed by atoms with Crippen molar-refractivity contribution in [3.05, 3.63) is 71.7 Å². The predicted octanol–water partition coefficient (Wildman–Crippen LogP) is 5.33. The molecule has 7 nitrogen and oxygen atoms in total. The maximum Gasteiger partial charge on any atom is 0.318 e. The van der Waals surface area contributed by atoms with Gasteiger partial charge in [-0.3, -0.25) is 9.36 Å². The van der Waals surface area contributed by atoms with Crippen LogP contribution < -0.4 is 0 Å². The van der Waals surface area contributed by atoms with E-state index in [2.05, 4.69) is 0 Å². The number of carboxylic acid groups (broad SMARTS) is 1. The van der Waals surface area contributed by atoms with Crippen molar-refractivity contribution in [3.8, 4) is 22.6 Å². The molecule has 0 bridgehead atoms. The number of hydrogen-bond donors (Lipinski definition) is 2. The van der Waals surface area contributed by atoms with E-state index in [0.717, 1.165) is 22.4 Å². The number of carbonyl (C=O) groups is 1. The number of aliphatic carboxylic acids is 1. The zero-order valence-electron chi connectivity index (χ0n) is 19.9. The van der Waals surface area contributed by atoms with Crippen molar-refractivity contribution in [1.29, 1.82) is 0 Å². The Bertz CT molecular complexity index is 1170. The summed E-state index contributed by atoms with van der Waals surface area (Å²) in [7, 11) is -1.77. The maximum absolute atomic E-state index is 13.6. The number of halogens is 1. The van der Waals surface area contributed by atoms with E-state index in [1.54, 1.807) is 12.1 Å². The van der Waals surface area contributed by atoms with E-state index in [0.29, 0.717) is 24.4 Å². The Morgan fingerprint density at radius 2 is 1.71 bits per heavy atom. The van der Waals surface area contributed by atoms with Gasteiger partial charge >= 0.3 is 5.97 Å². The van der Waals surface area contributed by atoms with Crippen LogP contribution in [0.15, 0.2) is 54.6 Å². The van der Waals surface area contributed by atoms with Gasteiger partial charge in [0.25, 0.3) is 0 Å². The lowest BCUT2D eigenvalue weighted by Gasteiger charge is -2.20. The molecule has 0 fully saturated rings. The van der Waals surface area contributed by atoms with Crippen molar-refractivity contribution in [2.24, 2.45) is 0 Å². The van der Waals surface area contributed by atoms with Crippen LogP contribution in [0.4, 0.5) is 4.39 Å². The molecule has 186 valence electrons. The highest BCUT2D eigenvalue weighted by molar-refractivity contribution is 7.41. The molecule has 9 heteroatoms. The lowest BCUT2D eigenvalue weighted by molar-refractivity contribution is -0.138. The van der Waals surface area contributed by atoms with Crippen LogP contribution in [-0.2, 0) is 20.3 Å². The second kappa shape index (κ2) is 12.2. The van der Waals surface area contributed by atoms with E-state index < -0.39 is 25.8 Å². The van der Waals surface area contributed by atoms with Crippen LogP contribution in [0.3, 0.4) is 0 Å². The first-order chi connectivity index (χ1) is 16.7. The third-order valence-corrected chi connectivity index (χ3v) is 7.31. The number of benzene rings is 2. The number of aromatic nitrogens is 2. The van der Waals surface area contributed by atoms with E-state index >= 15 is 0 Å². The van der Waals surface area contributed by atoms with E-state index in [1.807, 2.05) is 44.2 Å². The molecule has 0 amide bonds. The van der Waals surface area contributed by atoms with E-state index in [-0.39, 0.29) is 18.2 Å². The number of rotatable bonds is 11. The van der Waals surface area contributed by atoms with E-state index in [4.69, 9.17) is 14.5 Å². The fourth-order valence-corrected chi connectivity index (χ4v) is 4.93. The van der Waals surface area contributed by atoms with E-state index in [1.165, 1.54) is 19.2 Å². The minimum Gasteiger partial charge on any atom is -0.481 e. The minimum atomic E-state index is -2.93. The topological polar surface area (TPSA) is 110 Å². The number of aliphatic hydroxyl groups excluding tert-OH is 1. The van der Waals surface area contributed by atoms with Crippen molar-refractivity contribution in [1.82, 2.24) is 9.97 Å². The summed E-state index contributed by atoms with van der Waals surface area (Å²) in [6.07, 6.45) is -0.351. The standard InChI is InChI=1S/C26H30FN2O5P/c1-16(2)22-20(10-7-11-21(30)24(26(31)32)35(33)34-3)23(17-12-14-19(27)15-13-17)29-25(28-22)18-8-5-4-6-9-18/h4-6,8-9,12-16,21,24,30,35H,7,10-11H2,1-3H3,(H,31,32)/t21?,24-/m0/s1. The molecule has 0 aliphatic rings. The highest BCUT2D eigenvalue weighted by Gasteiger charge is 2.32. The molecule has 2 unspecified atom stereocenters. The predicted molar refractivity (Wildman–Crippen MR) is 133 cm³/mol. The van der Waals surface area contributed by atoms with Crippen molar-refractivity contribution >= 4 is 14.0 Å². The van der Waals surface area contributed by atoms with Crippen molar-refractivity contribution in [2.75, 3.05) is 7.11 Å². The van der Waals surface area contributed by atoms with Gasteiger partial charge < -0.3 is 14.7 Å². The van der Waals surface area contributed by atoms with Gasteiger partial charge in [0.2, 0.25) is 8.03 Å². The van der Waals surface area contributed by atoms with Gasteiger partial charge in [0.15, 0.2) is 11.5 Å². The molecule has 2 N–H and O–H groups in total. The molecular weight excluding hydrogens is 470 g/mol. The van der Waals surface area contributed by atoms with Gasteiger partial charge in [0.1, 0.15) is 5.82 Å². The van der Waals surface area contributed by atoms with Crippen LogP contribution in [0.1, 0.15) is 43.9 Å². The molecule has 0 aliphatic heterocycles. The summed E-state index contributed by atoms with van der Waals surface area (Å²) in [5, 5.41) is 19.8. The molecule has 3 rings (SSSR count). The third-order valence-electron chi connectivity index (χ3n) is 5.77. The Kier molecular flexibility index (Phi) is 9.26. The Morgan fingerprint density at radius 1 is 1.06 bits per heavy atom. The van der Waals surface area contributed by atoms with Crippen molar-refractivity contribution < 1.29 is 28.5 Å². The van der Waals surface area contributed by atoms with Gasteiger partial charge in [-0.2, -0.15) is 0 Å². The molecule has 1 heterocycles. The molecule has 0 radical (unpaired) electrons. The number of nitrogens with zero attached hydrogens (tertiary/aromatic N) is 2. The zero-order chi connectivity index (χ0) is 25.5. The summed E-state index contributed by atoms with van der Waals surface area (Å²) in [6, 6.07) is 15.7. The van der Waals surface area contributed by atoms with Crippen LogP contribution in [-0.4, -0.2) is 45.0 Å². The summed E-state index contributed by atoms with van der Waals surface area (Å²) in [5.41, 5.74) is 2.46. The fourth-order valence-electron chi connectivity index (χ4n) is 3.99. The highest BCUT2D eigenvalue weighted by Crippen LogP contribution is 2.34. The summed E-state index contributed by atoms with van der Waals surface area (Å²) >= 11 is 0.